The molecule has 6 nitrogen and oxygen atoms in total. The maximum atomic E-state index is 11.0. The van der Waals surface area contributed by atoms with Crippen LogP contribution in [0.1, 0.15) is 5.56 Å². The molecule has 0 fully saturated rings. The van der Waals surface area contributed by atoms with Crippen molar-refractivity contribution in [1.29, 1.82) is 5.26 Å². The van der Waals surface area contributed by atoms with E-state index in [1.807, 2.05) is 61.1 Å². The lowest BCUT2D eigenvalue weighted by molar-refractivity contribution is 1.10. The zero-order valence-electron chi connectivity index (χ0n) is 24.2. The first-order chi connectivity index (χ1) is 22.8. The van der Waals surface area contributed by atoms with Crippen molar-refractivity contribution in [3.8, 4) is 17.4 Å². The van der Waals surface area contributed by atoms with Gasteiger partial charge in [0.2, 0.25) is 0 Å². The Morgan fingerprint density at radius 2 is 0.957 bits per heavy atom. The van der Waals surface area contributed by atoms with E-state index in [0.29, 0.717) is 5.56 Å². The van der Waals surface area contributed by atoms with Crippen LogP contribution in [0.15, 0.2) is 122 Å². The summed E-state index contributed by atoms with van der Waals surface area (Å²) in [5.41, 5.74) is 7.92. The van der Waals surface area contributed by atoms with Gasteiger partial charge in [-0.05, 0) is 57.9 Å². The van der Waals surface area contributed by atoms with Gasteiger partial charge >= 0.3 is 0 Å². The zero-order valence-corrected chi connectivity index (χ0v) is 24.2. The van der Waals surface area contributed by atoms with Gasteiger partial charge in [0, 0.05) is 50.9 Å². The second kappa shape index (κ2) is 8.32. The van der Waals surface area contributed by atoms with Crippen LogP contribution in [0.25, 0.3) is 98.5 Å². The molecule has 5 heterocycles. The molecule has 0 saturated carbocycles. The molecular formula is C40H20N6. The average Bonchev–Trinajstić information content (AvgIpc) is 3.64. The van der Waals surface area contributed by atoms with Gasteiger partial charge in [-0.2, -0.15) is 5.26 Å². The lowest BCUT2D eigenvalue weighted by Crippen LogP contribution is -2.04. The quantitative estimate of drug-likeness (QED) is 0.190. The minimum absolute atomic E-state index is 0.572. The number of fused-ring (bicyclic) bond motifs is 6. The normalized spacial score (nSPS) is 12.3. The van der Waals surface area contributed by atoms with Crippen LogP contribution in [0.5, 0.6) is 0 Å². The van der Waals surface area contributed by atoms with Crippen molar-refractivity contribution >= 4 is 87.1 Å². The highest BCUT2D eigenvalue weighted by atomic mass is 15.1. The molecule has 0 bridgehead atoms. The molecule has 0 amide bonds. The summed E-state index contributed by atoms with van der Waals surface area (Å²) in [6.07, 6.45) is 5.62. The Labute approximate surface area is 260 Å². The van der Waals surface area contributed by atoms with Crippen LogP contribution in [0.4, 0.5) is 0 Å². The summed E-state index contributed by atoms with van der Waals surface area (Å²) >= 11 is 0. The van der Waals surface area contributed by atoms with E-state index in [9.17, 15) is 5.26 Å². The van der Waals surface area contributed by atoms with E-state index < -0.39 is 0 Å². The maximum Gasteiger partial charge on any atom is 0.146 e. The summed E-state index contributed by atoms with van der Waals surface area (Å²) in [4.78, 5) is 14.7. The highest BCUT2D eigenvalue weighted by molar-refractivity contribution is 6.34. The second-order valence-corrected chi connectivity index (χ2v) is 11.9. The topological polar surface area (TPSA) is 72.3 Å². The van der Waals surface area contributed by atoms with Gasteiger partial charge < -0.3 is 4.57 Å². The summed E-state index contributed by atoms with van der Waals surface area (Å²) in [5, 5.41) is 22.3. The summed E-state index contributed by atoms with van der Waals surface area (Å²) in [7, 11) is 0. The van der Waals surface area contributed by atoms with Gasteiger partial charge in [0.25, 0.3) is 0 Å². The zero-order chi connectivity index (χ0) is 30.1. The fourth-order valence-corrected chi connectivity index (χ4v) is 8.09. The Bertz CT molecular complexity index is 2730. The molecule has 0 radical (unpaired) electrons. The number of aromatic nitrogens is 5. The SMILES string of the molecule is N#Cc1c(-n2c3ccnc4c5ccccc5c5nccc2c5c43)cccc1-n1c2cccc3c4ccccc4c4ccnc1c4c32. The molecule has 11 aromatic rings. The highest BCUT2D eigenvalue weighted by Gasteiger charge is 2.25. The van der Waals surface area contributed by atoms with Crippen molar-refractivity contribution in [1.82, 2.24) is 24.1 Å². The predicted octanol–water partition coefficient (Wildman–Crippen LogP) is 9.43. The van der Waals surface area contributed by atoms with Crippen LogP contribution in [-0.4, -0.2) is 24.1 Å². The van der Waals surface area contributed by atoms with Gasteiger partial charge in [-0.3, -0.25) is 14.5 Å². The molecule has 0 saturated heterocycles. The van der Waals surface area contributed by atoms with Crippen molar-refractivity contribution in [3.05, 3.63) is 127 Å². The van der Waals surface area contributed by atoms with Crippen molar-refractivity contribution in [3.63, 3.8) is 0 Å². The fraction of sp³-hybridized carbons (Fsp3) is 0. The molecule has 0 N–H and O–H groups in total. The molecule has 5 aromatic heterocycles. The fourth-order valence-electron chi connectivity index (χ4n) is 8.09. The van der Waals surface area contributed by atoms with E-state index in [1.54, 1.807) is 0 Å². The van der Waals surface area contributed by atoms with E-state index in [4.69, 9.17) is 15.0 Å². The van der Waals surface area contributed by atoms with Crippen LogP contribution in [0.2, 0.25) is 0 Å². The molecule has 46 heavy (non-hydrogen) atoms. The number of hydrogen-bond donors (Lipinski definition) is 0. The monoisotopic (exact) mass is 584 g/mol. The molecule has 0 atom stereocenters. The number of nitriles is 1. The number of nitrogens with zero attached hydrogens (tertiary/aromatic N) is 6. The molecule has 6 aromatic carbocycles. The first kappa shape index (κ1) is 23.8. The van der Waals surface area contributed by atoms with Crippen molar-refractivity contribution in [2.75, 3.05) is 0 Å². The largest absolute Gasteiger partial charge is 0.308 e. The third kappa shape index (κ3) is 2.71. The van der Waals surface area contributed by atoms with Crippen molar-refractivity contribution in [2.24, 2.45) is 0 Å². The number of benzene rings is 6. The lowest BCUT2D eigenvalue weighted by Gasteiger charge is -2.15. The van der Waals surface area contributed by atoms with E-state index >= 15 is 0 Å². The Morgan fingerprint density at radius 1 is 0.435 bits per heavy atom. The van der Waals surface area contributed by atoms with Crippen LogP contribution < -0.4 is 0 Å². The van der Waals surface area contributed by atoms with E-state index in [-0.39, 0.29) is 0 Å². The van der Waals surface area contributed by atoms with Crippen LogP contribution in [0, 0.1) is 11.3 Å². The summed E-state index contributed by atoms with van der Waals surface area (Å²) in [5.74, 6) is 0. The molecule has 0 spiro atoms. The summed E-state index contributed by atoms with van der Waals surface area (Å²) in [6.45, 7) is 0. The number of pyridine rings is 3. The number of rotatable bonds is 2. The standard InChI is InChI=1S/C40H20N6/c41-21-28-29(45-32-16-19-42-38-26-9-3-4-10-27(26)39-37(36(32)38)33(45)17-20-43-39)12-6-13-30(28)46-31-14-5-11-24-22-7-1-2-8-23(22)25-15-18-44-40(46)35(25)34(24)31/h1-20H. The molecular weight excluding hydrogens is 564 g/mol. The van der Waals surface area contributed by atoms with Crippen molar-refractivity contribution < 1.29 is 0 Å². The summed E-state index contributed by atoms with van der Waals surface area (Å²) < 4.78 is 4.38. The first-order valence-electron chi connectivity index (χ1n) is 15.3. The molecule has 0 aliphatic carbocycles. The molecule has 6 heteroatoms. The summed E-state index contributed by atoms with van der Waals surface area (Å²) in [6, 6.07) is 38.3. The third-order valence-corrected chi connectivity index (χ3v) is 9.82. The molecule has 11 rings (SSSR count). The van der Waals surface area contributed by atoms with Gasteiger partial charge in [-0.1, -0.05) is 66.7 Å². The Morgan fingerprint density at radius 3 is 1.61 bits per heavy atom. The molecule has 0 aliphatic rings. The minimum atomic E-state index is 0.572. The lowest BCUT2D eigenvalue weighted by atomic mass is 9.96. The Hall–Kier alpha value is -6.58. The minimum Gasteiger partial charge on any atom is -0.308 e. The van der Waals surface area contributed by atoms with Gasteiger partial charge in [0.1, 0.15) is 17.3 Å². The van der Waals surface area contributed by atoms with Gasteiger partial charge in [0.15, 0.2) is 0 Å². The van der Waals surface area contributed by atoms with Crippen LogP contribution >= 0.6 is 0 Å². The van der Waals surface area contributed by atoms with Gasteiger partial charge in [-0.25, -0.2) is 4.98 Å². The van der Waals surface area contributed by atoms with Crippen LogP contribution in [-0.2, 0) is 0 Å². The van der Waals surface area contributed by atoms with Crippen LogP contribution in [0.3, 0.4) is 0 Å². The molecule has 210 valence electrons. The van der Waals surface area contributed by atoms with Gasteiger partial charge in [-0.15, -0.1) is 0 Å². The van der Waals surface area contributed by atoms with E-state index in [0.717, 1.165) is 76.9 Å². The maximum absolute atomic E-state index is 11.0. The Balaban J connectivity index is 1.30. The average molecular weight is 585 g/mol. The highest BCUT2D eigenvalue weighted by Crippen LogP contribution is 2.45. The van der Waals surface area contributed by atoms with Crippen molar-refractivity contribution in [2.45, 2.75) is 0 Å². The second-order valence-electron chi connectivity index (χ2n) is 11.9. The van der Waals surface area contributed by atoms with E-state index in [1.165, 1.54) is 21.5 Å². The predicted molar refractivity (Wildman–Crippen MR) is 186 cm³/mol. The third-order valence-electron chi connectivity index (χ3n) is 9.82. The molecule has 0 aliphatic heterocycles. The van der Waals surface area contributed by atoms with E-state index in [2.05, 4.69) is 75.9 Å². The first-order valence-corrected chi connectivity index (χ1v) is 15.3. The smallest absolute Gasteiger partial charge is 0.146 e. The van der Waals surface area contributed by atoms with Gasteiger partial charge in [0.05, 0.1) is 39.0 Å². The Kier molecular flexibility index (Phi) is 4.31. The molecule has 0 unspecified atom stereocenters. The number of hydrogen-bond acceptors (Lipinski definition) is 4.